The second-order valence-corrected chi connectivity index (χ2v) is 7.55. The van der Waals surface area contributed by atoms with E-state index in [9.17, 15) is 9.59 Å². The number of benzene rings is 2. The summed E-state index contributed by atoms with van der Waals surface area (Å²) in [6.45, 7) is 5.10. The summed E-state index contributed by atoms with van der Waals surface area (Å²) in [6, 6.07) is 10.0. The van der Waals surface area contributed by atoms with Crippen LogP contribution in [0.2, 0.25) is 0 Å². The fraction of sp³-hybridized carbons (Fsp3) is 0.333. The molecule has 0 spiro atoms. The van der Waals surface area contributed by atoms with E-state index >= 15 is 0 Å². The van der Waals surface area contributed by atoms with Gasteiger partial charge in [-0.3, -0.25) is 4.79 Å². The first-order chi connectivity index (χ1) is 14.7. The maximum absolute atomic E-state index is 12.6. The predicted octanol–water partition coefficient (Wildman–Crippen LogP) is 4.33. The normalized spacial score (nSPS) is 11.2. The van der Waals surface area contributed by atoms with Crippen LogP contribution in [0.25, 0.3) is 6.08 Å². The molecule has 7 heteroatoms. The molecule has 31 heavy (non-hydrogen) atoms. The van der Waals surface area contributed by atoms with E-state index in [1.807, 2.05) is 0 Å². The van der Waals surface area contributed by atoms with Crippen LogP contribution in [0.15, 0.2) is 42.5 Å². The van der Waals surface area contributed by atoms with Gasteiger partial charge in [-0.15, -0.1) is 0 Å². The Kier molecular flexibility index (Phi) is 8.07. The van der Waals surface area contributed by atoms with Crippen LogP contribution in [-0.4, -0.2) is 45.3 Å². The van der Waals surface area contributed by atoms with Crippen molar-refractivity contribution >= 4 is 17.8 Å². The average Bonchev–Trinajstić information content (AvgIpc) is 2.74. The summed E-state index contributed by atoms with van der Waals surface area (Å²) in [5, 5.41) is 0. The molecule has 0 N–H and O–H groups in total. The molecule has 0 heterocycles. The molecular weight excluding hydrogens is 400 g/mol. The van der Waals surface area contributed by atoms with Crippen molar-refractivity contribution in [3.63, 3.8) is 0 Å². The Labute approximate surface area is 182 Å². The average molecular weight is 428 g/mol. The van der Waals surface area contributed by atoms with E-state index in [2.05, 4.69) is 0 Å². The first-order valence-corrected chi connectivity index (χ1v) is 9.64. The van der Waals surface area contributed by atoms with Gasteiger partial charge in [-0.2, -0.15) is 0 Å². The predicted molar refractivity (Wildman–Crippen MR) is 117 cm³/mol. The van der Waals surface area contributed by atoms with Crippen molar-refractivity contribution in [3.05, 3.63) is 53.6 Å². The van der Waals surface area contributed by atoms with Crippen molar-refractivity contribution in [2.24, 2.45) is 0 Å². The fourth-order valence-electron chi connectivity index (χ4n) is 2.70. The van der Waals surface area contributed by atoms with Gasteiger partial charge in [0.25, 0.3) is 0 Å². The lowest BCUT2D eigenvalue weighted by Gasteiger charge is -2.19. The number of allylic oxidation sites excluding steroid dienone is 1. The van der Waals surface area contributed by atoms with E-state index in [1.54, 1.807) is 63.2 Å². The molecule has 0 radical (unpaired) electrons. The summed E-state index contributed by atoms with van der Waals surface area (Å²) in [7, 11) is 4.60. The van der Waals surface area contributed by atoms with Crippen molar-refractivity contribution in [1.82, 2.24) is 0 Å². The summed E-state index contributed by atoms with van der Waals surface area (Å²) in [5.41, 5.74) is 0.483. The van der Waals surface area contributed by atoms with Crippen LogP contribution in [-0.2, 0) is 9.53 Å². The van der Waals surface area contributed by atoms with Crippen LogP contribution in [0.4, 0.5) is 0 Å². The maximum atomic E-state index is 12.6. The summed E-state index contributed by atoms with van der Waals surface area (Å²) < 4.78 is 26.6. The molecule has 7 nitrogen and oxygen atoms in total. The highest BCUT2D eigenvalue weighted by Crippen LogP contribution is 2.35. The first-order valence-electron chi connectivity index (χ1n) is 9.64. The molecule has 2 aromatic carbocycles. The molecule has 0 fully saturated rings. The van der Waals surface area contributed by atoms with Gasteiger partial charge in [-0.25, -0.2) is 4.79 Å². The minimum Gasteiger partial charge on any atom is -0.496 e. The molecule has 0 saturated heterocycles. The number of esters is 1. The summed E-state index contributed by atoms with van der Waals surface area (Å²) in [6.07, 6.45) is 3.06. The minimum atomic E-state index is -0.589. The zero-order valence-corrected chi connectivity index (χ0v) is 18.7. The molecule has 0 unspecified atom stereocenters. The Morgan fingerprint density at radius 2 is 1.55 bits per heavy atom. The number of hydrogen-bond acceptors (Lipinski definition) is 7. The van der Waals surface area contributed by atoms with Gasteiger partial charge in [0.2, 0.25) is 0 Å². The molecule has 2 rings (SSSR count). The zero-order valence-electron chi connectivity index (χ0n) is 18.7. The van der Waals surface area contributed by atoms with E-state index in [0.29, 0.717) is 34.1 Å². The zero-order chi connectivity index (χ0) is 23.0. The van der Waals surface area contributed by atoms with Crippen molar-refractivity contribution in [3.8, 4) is 23.0 Å². The lowest BCUT2D eigenvalue weighted by Crippen LogP contribution is -2.27. The number of hydrogen-bond donors (Lipinski definition) is 0. The van der Waals surface area contributed by atoms with Gasteiger partial charge in [0.1, 0.15) is 17.1 Å². The molecule has 0 saturated carbocycles. The molecule has 0 aliphatic rings. The van der Waals surface area contributed by atoms with Crippen molar-refractivity contribution in [1.29, 1.82) is 0 Å². The highest BCUT2D eigenvalue weighted by atomic mass is 16.6. The van der Waals surface area contributed by atoms with Crippen LogP contribution in [0, 0.1) is 0 Å². The van der Waals surface area contributed by atoms with Crippen LogP contribution in [0.3, 0.4) is 0 Å². The molecule has 0 aliphatic heterocycles. The topological polar surface area (TPSA) is 80.3 Å². The van der Waals surface area contributed by atoms with Crippen LogP contribution >= 0.6 is 0 Å². The Balaban J connectivity index is 2.13. The van der Waals surface area contributed by atoms with Crippen molar-refractivity contribution in [2.75, 3.05) is 27.9 Å². The SMILES string of the molecule is COc1cc(OC)c(OC)cc1C=CC(=O)c1cccc(OCC(=O)OC(C)(C)C)c1. The van der Waals surface area contributed by atoms with Gasteiger partial charge in [-0.1, -0.05) is 12.1 Å². The smallest absolute Gasteiger partial charge is 0.344 e. The lowest BCUT2D eigenvalue weighted by atomic mass is 10.1. The van der Waals surface area contributed by atoms with Gasteiger partial charge in [-0.05, 0) is 51.1 Å². The van der Waals surface area contributed by atoms with E-state index in [1.165, 1.54) is 27.4 Å². The molecule has 0 amide bonds. The van der Waals surface area contributed by atoms with Gasteiger partial charge in [0.15, 0.2) is 23.9 Å². The summed E-state index contributed by atoms with van der Waals surface area (Å²) in [5.74, 6) is 1.26. The van der Waals surface area contributed by atoms with Crippen LogP contribution < -0.4 is 18.9 Å². The summed E-state index contributed by atoms with van der Waals surface area (Å²) >= 11 is 0. The molecule has 2 aromatic rings. The minimum absolute atomic E-state index is 0.237. The standard InChI is InChI=1S/C24H28O7/c1-24(2,3)31-23(26)15-30-18-9-7-8-16(12-18)19(25)11-10-17-13-21(28-5)22(29-6)14-20(17)27-4/h7-14H,15H2,1-6H3. The molecule has 166 valence electrons. The number of methoxy groups -OCH3 is 3. The van der Waals surface area contributed by atoms with Crippen LogP contribution in [0.1, 0.15) is 36.7 Å². The monoisotopic (exact) mass is 428 g/mol. The van der Waals surface area contributed by atoms with Gasteiger partial charge in [0.05, 0.1) is 21.3 Å². The second-order valence-electron chi connectivity index (χ2n) is 7.55. The molecular formula is C24H28O7. The number of carbonyl (C=O) groups is 2. The largest absolute Gasteiger partial charge is 0.496 e. The third-order valence-corrected chi connectivity index (χ3v) is 4.05. The second kappa shape index (κ2) is 10.5. The third kappa shape index (κ3) is 7.06. The number of ketones is 1. The third-order valence-electron chi connectivity index (χ3n) is 4.05. The lowest BCUT2D eigenvalue weighted by molar-refractivity contribution is -0.157. The summed E-state index contributed by atoms with van der Waals surface area (Å²) in [4.78, 5) is 24.5. The quantitative estimate of drug-likeness (QED) is 0.334. The van der Waals surface area contributed by atoms with E-state index in [0.717, 1.165) is 0 Å². The first kappa shape index (κ1) is 23.8. The molecule has 0 aromatic heterocycles. The number of ether oxygens (including phenoxy) is 5. The molecule has 0 atom stereocenters. The maximum Gasteiger partial charge on any atom is 0.344 e. The Morgan fingerprint density at radius 3 is 2.16 bits per heavy atom. The molecule has 0 aliphatic carbocycles. The number of carbonyl (C=O) groups excluding carboxylic acids is 2. The fourth-order valence-corrected chi connectivity index (χ4v) is 2.70. The van der Waals surface area contributed by atoms with E-state index in [4.69, 9.17) is 23.7 Å². The van der Waals surface area contributed by atoms with Crippen molar-refractivity contribution in [2.45, 2.75) is 26.4 Å². The Morgan fingerprint density at radius 1 is 0.903 bits per heavy atom. The van der Waals surface area contributed by atoms with Gasteiger partial charge in [0, 0.05) is 17.2 Å². The Bertz CT molecular complexity index is 955. The van der Waals surface area contributed by atoms with Gasteiger partial charge >= 0.3 is 5.97 Å². The van der Waals surface area contributed by atoms with Gasteiger partial charge < -0.3 is 23.7 Å². The highest BCUT2D eigenvalue weighted by Gasteiger charge is 2.17. The highest BCUT2D eigenvalue weighted by molar-refractivity contribution is 6.07. The van der Waals surface area contributed by atoms with Crippen molar-refractivity contribution < 1.29 is 33.3 Å². The number of rotatable bonds is 9. The van der Waals surface area contributed by atoms with Crippen LogP contribution in [0.5, 0.6) is 23.0 Å². The van der Waals surface area contributed by atoms with E-state index in [-0.39, 0.29) is 12.4 Å². The molecule has 0 bridgehead atoms. The van der Waals surface area contributed by atoms with E-state index < -0.39 is 11.6 Å². The Hall–Kier alpha value is -3.48.